The molecule has 2 aromatic carbocycles. The third kappa shape index (κ3) is 4.97. The van der Waals surface area contributed by atoms with Gasteiger partial charge in [-0.25, -0.2) is 0 Å². The number of amidine groups is 1. The zero-order chi connectivity index (χ0) is 19.4. The Morgan fingerprint density at radius 3 is 2.74 bits per heavy atom. The van der Waals surface area contributed by atoms with E-state index in [0.717, 1.165) is 26.5 Å². The lowest BCUT2D eigenvalue weighted by Gasteiger charge is -2.15. The average Bonchev–Trinajstić information content (AvgIpc) is 2.93. The van der Waals surface area contributed by atoms with Gasteiger partial charge in [0.15, 0.2) is 16.7 Å². The van der Waals surface area contributed by atoms with Crippen molar-refractivity contribution in [3.05, 3.63) is 61.0 Å². The third-order valence-corrected chi connectivity index (χ3v) is 5.58. The van der Waals surface area contributed by atoms with Gasteiger partial charge in [0.05, 0.1) is 15.1 Å². The topological polar surface area (TPSA) is 73.9 Å². The maximum Gasteiger partial charge on any atom is 0.286 e. The van der Waals surface area contributed by atoms with E-state index in [1.54, 1.807) is 6.08 Å². The smallest absolute Gasteiger partial charge is 0.286 e. The summed E-state index contributed by atoms with van der Waals surface area (Å²) in [6, 6.07) is 11.3. The summed E-state index contributed by atoms with van der Waals surface area (Å²) in [5, 5.41) is 0.909. The number of hydrogen-bond donors (Lipinski definition) is 1. The number of nitrogens with two attached hydrogens (primary N) is 1. The van der Waals surface area contributed by atoms with Gasteiger partial charge in [0.2, 0.25) is 0 Å². The SMILES string of the molecule is CCOc1cc(C=C2SC(N)=NC2=O)cc(I)c1OCc1ccccc1Cl. The highest BCUT2D eigenvalue weighted by Gasteiger charge is 2.20. The number of thioether (sulfide) groups is 1. The molecule has 0 bridgehead atoms. The number of ether oxygens (including phenoxy) is 2. The van der Waals surface area contributed by atoms with E-state index in [9.17, 15) is 4.79 Å². The first kappa shape index (κ1) is 20.0. The Kier molecular flexibility index (Phi) is 6.67. The average molecular weight is 515 g/mol. The van der Waals surface area contributed by atoms with Crippen LogP contribution < -0.4 is 15.2 Å². The molecule has 1 amide bonds. The number of nitrogens with zero attached hydrogens (tertiary/aromatic N) is 1. The summed E-state index contributed by atoms with van der Waals surface area (Å²) in [5.74, 6) is 0.915. The van der Waals surface area contributed by atoms with E-state index in [-0.39, 0.29) is 11.1 Å². The zero-order valence-electron chi connectivity index (χ0n) is 14.4. The highest BCUT2D eigenvalue weighted by molar-refractivity contribution is 14.1. The Balaban J connectivity index is 1.87. The largest absolute Gasteiger partial charge is 0.490 e. The minimum Gasteiger partial charge on any atom is -0.490 e. The summed E-state index contributed by atoms with van der Waals surface area (Å²) in [4.78, 5) is 16.0. The molecule has 0 saturated heterocycles. The predicted octanol–water partition coefficient (Wildman–Crippen LogP) is 4.85. The van der Waals surface area contributed by atoms with E-state index in [4.69, 9.17) is 26.8 Å². The van der Waals surface area contributed by atoms with E-state index in [1.165, 1.54) is 0 Å². The van der Waals surface area contributed by atoms with Gasteiger partial charge < -0.3 is 15.2 Å². The Labute approximate surface area is 180 Å². The molecule has 5 nitrogen and oxygen atoms in total. The minimum absolute atomic E-state index is 0.255. The highest BCUT2D eigenvalue weighted by atomic mass is 127. The number of amides is 1. The molecule has 0 radical (unpaired) electrons. The Morgan fingerprint density at radius 2 is 2.07 bits per heavy atom. The van der Waals surface area contributed by atoms with Crippen molar-refractivity contribution in [2.24, 2.45) is 10.7 Å². The van der Waals surface area contributed by atoms with Gasteiger partial charge in [0.1, 0.15) is 6.61 Å². The fourth-order valence-corrected chi connectivity index (χ4v) is 4.07. The summed E-state index contributed by atoms with van der Waals surface area (Å²) >= 11 is 9.54. The molecule has 1 heterocycles. The quantitative estimate of drug-likeness (QED) is 0.441. The van der Waals surface area contributed by atoms with Crippen LogP contribution in [-0.2, 0) is 11.4 Å². The van der Waals surface area contributed by atoms with Gasteiger partial charge in [0, 0.05) is 10.6 Å². The van der Waals surface area contributed by atoms with Crippen LogP contribution in [0.5, 0.6) is 11.5 Å². The van der Waals surface area contributed by atoms with Crippen LogP contribution >= 0.6 is 46.0 Å². The maximum absolute atomic E-state index is 11.8. The number of hydrogen-bond acceptors (Lipinski definition) is 5. The maximum atomic E-state index is 11.8. The fraction of sp³-hybridized carbons (Fsp3) is 0.158. The van der Waals surface area contributed by atoms with Gasteiger partial charge in [-0.3, -0.25) is 4.79 Å². The number of halogens is 2. The van der Waals surface area contributed by atoms with E-state index >= 15 is 0 Å². The Hall–Kier alpha value is -1.71. The van der Waals surface area contributed by atoms with E-state index in [2.05, 4.69) is 27.6 Å². The van der Waals surface area contributed by atoms with Crippen LogP contribution in [0.1, 0.15) is 18.1 Å². The standard InChI is InChI=1S/C19H16ClIN2O3S/c1-2-25-15-8-11(9-16-18(24)23-19(22)27-16)7-14(21)17(15)26-10-12-5-3-4-6-13(12)20/h3-9H,2,10H2,1H3,(H2,22,23,24). The number of carbonyl (C=O) groups excluding carboxylic acids is 1. The van der Waals surface area contributed by atoms with Gasteiger partial charge in [0.25, 0.3) is 5.91 Å². The van der Waals surface area contributed by atoms with Crippen molar-refractivity contribution in [3.63, 3.8) is 0 Å². The molecular formula is C19H16ClIN2O3S. The van der Waals surface area contributed by atoms with Crippen LogP contribution in [-0.4, -0.2) is 17.7 Å². The van der Waals surface area contributed by atoms with Gasteiger partial charge in [-0.15, -0.1) is 0 Å². The molecule has 2 N–H and O–H groups in total. The molecule has 0 aliphatic carbocycles. The summed E-state index contributed by atoms with van der Waals surface area (Å²) in [6.45, 7) is 2.72. The van der Waals surface area contributed by atoms with Crippen molar-refractivity contribution in [1.82, 2.24) is 0 Å². The second kappa shape index (κ2) is 8.99. The normalized spacial score (nSPS) is 15.1. The van der Waals surface area contributed by atoms with Gasteiger partial charge in [-0.1, -0.05) is 29.8 Å². The molecule has 0 spiro atoms. The van der Waals surface area contributed by atoms with E-state index < -0.39 is 0 Å². The van der Waals surface area contributed by atoms with E-state index in [1.807, 2.05) is 43.3 Å². The van der Waals surface area contributed by atoms with Crippen molar-refractivity contribution < 1.29 is 14.3 Å². The van der Waals surface area contributed by atoms with Crippen molar-refractivity contribution in [2.45, 2.75) is 13.5 Å². The van der Waals surface area contributed by atoms with Crippen molar-refractivity contribution in [3.8, 4) is 11.5 Å². The zero-order valence-corrected chi connectivity index (χ0v) is 18.1. The Morgan fingerprint density at radius 1 is 1.30 bits per heavy atom. The molecule has 8 heteroatoms. The van der Waals surface area contributed by atoms with Crippen molar-refractivity contribution >= 4 is 63.1 Å². The second-order valence-corrected chi connectivity index (χ2v) is 8.14. The summed E-state index contributed by atoms with van der Waals surface area (Å²) < 4.78 is 12.6. The third-order valence-electron chi connectivity index (χ3n) is 3.60. The number of aliphatic imine (C=N–C) groups is 1. The van der Waals surface area contributed by atoms with E-state index in [0.29, 0.717) is 34.6 Å². The lowest BCUT2D eigenvalue weighted by Crippen LogP contribution is -2.02. The molecule has 0 aromatic heterocycles. The number of benzene rings is 2. The van der Waals surface area contributed by atoms with Gasteiger partial charge in [-0.2, -0.15) is 4.99 Å². The second-order valence-electron chi connectivity index (χ2n) is 5.51. The molecule has 1 aliphatic heterocycles. The van der Waals surface area contributed by atoms with Crippen LogP contribution in [0.3, 0.4) is 0 Å². The molecule has 140 valence electrons. The number of carbonyl (C=O) groups is 1. The van der Waals surface area contributed by atoms with Gasteiger partial charge >= 0.3 is 0 Å². The molecule has 0 unspecified atom stereocenters. The monoisotopic (exact) mass is 514 g/mol. The minimum atomic E-state index is -0.329. The van der Waals surface area contributed by atoms with Crippen LogP contribution in [0.15, 0.2) is 46.3 Å². The molecule has 0 fully saturated rings. The molecule has 3 rings (SSSR count). The predicted molar refractivity (Wildman–Crippen MR) is 118 cm³/mol. The lowest BCUT2D eigenvalue weighted by molar-refractivity contribution is -0.113. The first-order chi connectivity index (χ1) is 13.0. The van der Waals surface area contributed by atoms with Crippen LogP contribution in [0.25, 0.3) is 6.08 Å². The molecule has 27 heavy (non-hydrogen) atoms. The highest BCUT2D eigenvalue weighted by Crippen LogP contribution is 2.37. The van der Waals surface area contributed by atoms with Crippen molar-refractivity contribution in [1.29, 1.82) is 0 Å². The first-order valence-electron chi connectivity index (χ1n) is 8.08. The molecule has 2 aromatic rings. The van der Waals surface area contributed by atoms with Crippen LogP contribution in [0, 0.1) is 3.57 Å². The summed E-state index contributed by atoms with van der Waals surface area (Å²) in [5.41, 5.74) is 7.31. The molecular weight excluding hydrogens is 499 g/mol. The molecule has 0 atom stereocenters. The first-order valence-corrected chi connectivity index (χ1v) is 10.4. The van der Waals surface area contributed by atoms with Gasteiger partial charge in [-0.05, 0) is 71.1 Å². The fourth-order valence-electron chi connectivity index (χ4n) is 2.42. The van der Waals surface area contributed by atoms with Crippen molar-refractivity contribution in [2.75, 3.05) is 6.61 Å². The Bertz CT molecular complexity index is 947. The molecule has 0 saturated carbocycles. The summed E-state index contributed by atoms with van der Waals surface area (Å²) in [7, 11) is 0. The summed E-state index contributed by atoms with van der Waals surface area (Å²) in [6.07, 6.45) is 1.75. The molecule has 1 aliphatic rings. The lowest BCUT2D eigenvalue weighted by atomic mass is 10.2. The number of rotatable bonds is 6. The van der Waals surface area contributed by atoms with Crippen LogP contribution in [0.2, 0.25) is 5.02 Å². The van der Waals surface area contributed by atoms with Crippen LogP contribution in [0.4, 0.5) is 0 Å².